The van der Waals surface area contributed by atoms with Crippen molar-refractivity contribution >= 4 is 17.8 Å². The van der Waals surface area contributed by atoms with Crippen LogP contribution in [-0.4, -0.2) is 47.3 Å². The highest BCUT2D eigenvalue weighted by Crippen LogP contribution is 2.32. The van der Waals surface area contributed by atoms with Gasteiger partial charge in [0.2, 0.25) is 5.91 Å². The summed E-state index contributed by atoms with van der Waals surface area (Å²) in [4.78, 5) is 37.9. The lowest BCUT2D eigenvalue weighted by atomic mass is 10.1. The van der Waals surface area contributed by atoms with Gasteiger partial charge in [0.1, 0.15) is 12.3 Å². The predicted octanol–water partition coefficient (Wildman–Crippen LogP) is 0.495. The third-order valence-corrected chi connectivity index (χ3v) is 3.68. The first kappa shape index (κ1) is 12.7. The van der Waals surface area contributed by atoms with Crippen molar-refractivity contribution in [3.8, 4) is 0 Å². The molecule has 3 rings (SSSR count). The van der Waals surface area contributed by atoms with Crippen molar-refractivity contribution < 1.29 is 18.8 Å². The van der Waals surface area contributed by atoms with E-state index in [2.05, 4.69) is 5.32 Å². The Morgan fingerprint density at radius 3 is 2.95 bits per heavy atom. The van der Waals surface area contributed by atoms with Crippen LogP contribution in [-0.2, 0) is 9.59 Å². The highest BCUT2D eigenvalue weighted by Gasteiger charge is 2.36. The van der Waals surface area contributed by atoms with E-state index in [4.69, 9.17) is 4.42 Å². The Labute approximate surface area is 115 Å². The second-order valence-corrected chi connectivity index (χ2v) is 4.90. The smallest absolute Gasteiger partial charge is 0.325 e. The molecule has 4 amide bonds. The Morgan fingerprint density at radius 2 is 2.30 bits per heavy atom. The molecule has 2 aliphatic heterocycles. The number of nitrogens with one attached hydrogen (secondary N) is 1. The molecule has 2 fully saturated rings. The van der Waals surface area contributed by atoms with Crippen LogP contribution in [0.15, 0.2) is 22.8 Å². The van der Waals surface area contributed by atoms with E-state index in [1.165, 1.54) is 0 Å². The Hall–Kier alpha value is -2.31. The van der Waals surface area contributed by atoms with Crippen LogP contribution in [0.2, 0.25) is 0 Å². The highest BCUT2D eigenvalue weighted by molar-refractivity contribution is 6.04. The monoisotopic (exact) mass is 277 g/mol. The normalized spacial score (nSPS) is 22.5. The summed E-state index contributed by atoms with van der Waals surface area (Å²) < 4.78 is 5.36. The van der Waals surface area contributed by atoms with Gasteiger partial charge in [-0.05, 0) is 25.0 Å². The lowest BCUT2D eigenvalue weighted by molar-refractivity contribution is -0.137. The second-order valence-electron chi connectivity index (χ2n) is 4.90. The molecule has 7 nitrogen and oxygen atoms in total. The fourth-order valence-electron chi connectivity index (χ4n) is 2.68. The second kappa shape index (κ2) is 4.99. The van der Waals surface area contributed by atoms with E-state index in [9.17, 15) is 14.4 Å². The van der Waals surface area contributed by atoms with Crippen molar-refractivity contribution in [2.75, 3.05) is 19.6 Å². The van der Waals surface area contributed by atoms with Gasteiger partial charge < -0.3 is 14.6 Å². The summed E-state index contributed by atoms with van der Waals surface area (Å²) in [7, 11) is 0. The maximum absolute atomic E-state index is 12.3. The number of nitrogens with zero attached hydrogens (tertiary/aromatic N) is 2. The van der Waals surface area contributed by atoms with Gasteiger partial charge in [-0.3, -0.25) is 14.5 Å². The zero-order valence-electron chi connectivity index (χ0n) is 10.9. The number of carbonyl (C=O) groups excluding carboxylic acids is 3. The summed E-state index contributed by atoms with van der Waals surface area (Å²) in [6, 6.07) is 3.02. The first-order valence-corrected chi connectivity index (χ1v) is 6.58. The molecule has 0 radical (unpaired) electrons. The zero-order chi connectivity index (χ0) is 14.1. The lowest BCUT2D eigenvalue weighted by Gasteiger charge is -2.24. The van der Waals surface area contributed by atoms with Crippen molar-refractivity contribution in [2.45, 2.75) is 18.9 Å². The number of imide groups is 1. The average Bonchev–Trinajstić information content (AvgIpc) is 3.13. The average molecular weight is 277 g/mol. The molecule has 0 saturated carbocycles. The quantitative estimate of drug-likeness (QED) is 0.815. The van der Waals surface area contributed by atoms with Crippen LogP contribution in [0.1, 0.15) is 24.6 Å². The number of hydrogen-bond acceptors (Lipinski definition) is 4. The van der Waals surface area contributed by atoms with Gasteiger partial charge in [-0.15, -0.1) is 0 Å². The van der Waals surface area contributed by atoms with E-state index in [0.717, 1.165) is 23.5 Å². The molecule has 0 aliphatic carbocycles. The number of rotatable bonds is 3. The number of carbonyl (C=O) groups is 3. The minimum absolute atomic E-state index is 0.0340. The Morgan fingerprint density at radius 1 is 1.45 bits per heavy atom. The first-order valence-electron chi connectivity index (χ1n) is 6.58. The fourth-order valence-corrected chi connectivity index (χ4v) is 2.68. The number of urea groups is 1. The molecule has 20 heavy (non-hydrogen) atoms. The van der Waals surface area contributed by atoms with Gasteiger partial charge >= 0.3 is 6.03 Å². The van der Waals surface area contributed by atoms with Crippen LogP contribution >= 0.6 is 0 Å². The summed E-state index contributed by atoms with van der Waals surface area (Å²) >= 11 is 0. The molecule has 106 valence electrons. The molecular weight excluding hydrogens is 262 g/mol. The fraction of sp³-hybridized carbons (Fsp3) is 0.462. The summed E-state index contributed by atoms with van der Waals surface area (Å²) in [5, 5.41) is 2.40. The third-order valence-electron chi connectivity index (χ3n) is 3.68. The molecular formula is C13H15N3O4. The molecule has 0 aromatic carbocycles. The van der Waals surface area contributed by atoms with Crippen LogP contribution in [0, 0.1) is 0 Å². The van der Waals surface area contributed by atoms with E-state index in [-0.39, 0.29) is 30.9 Å². The van der Waals surface area contributed by atoms with E-state index in [1.807, 2.05) is 6.07 Å². The van der Waals surface area contributed by atoms with Crippen molar-refractivity contribution in [2.24, 2.45) is 0 Å². The maximum atomic E-state index is 12.3. The van der Waals surface area contributed by atoms with Gasteiger partial charge in [0.05, 0.1) is 18.8 Å². The molecule has 2 aliphatic rings. The topological polar surface area (TPSA) is 82.9 Å². The SMILES string of the molecule is O=C1CNC(=O)N1CC(=O)N1CCC[C@@H]1c1ccco1. The molecule has 2 saturated heterocycles. The van der Waals surface area contributed by atoms with Crippen LogP contribution in [0.5, 0.6) is 0 Å². The Kier molecular flexibility index (Phi) is 3.17. The minimum Gasteiger partial charge on any atom is -0.467 e. The van der Waals surface area contributed by atoms with Gasteiger partial charge in [0.15, 0.2) is 0 Å². The molecule has 0 bridgehead atoms. The molecule has 1 N–H and O–H groups in total. The molecule has 1 aromatic heterocycles. The summed E-state index contributed by atoms with van der Waals surface area (Å²) in [5.41, 5.74) is 0. The standard InChI is InChI=1S/C13H15N3O4/c17-11-7-14-13(19)16(11)8-12(18)15-5-1-3-9(15)10-4-2-6-20-10/h2,4,6,9H,1,3,5,7-8H2,(H,14,19)/t9-/m1/s1. The van der Waals surface area contributed by atoms with Crippen molar-refractivity contribution in [3.63, 3.8) is 0 Å². The van der Waals surface area contributed by atoms with E-state index in [1.54, 1.807) is 17.2 Å². The summed E-state index contributed by atoms with van der Waals surface area (Å²) in [5.74, 6) is 0.152. The number of furan rings is 1. The number of amides is 4. The van der Waals surface area contributed by atoms with E-state index in [0.29, 0.717) is 6.54 Å². The zero-order valence-corrected chi connectivity index (χ0v) is 10.9. The van der Waals surface area contributed by atoms with Crippen LogP contribution in [0.25, 0.3) is 0 Å². The van der Waals surface area contributed by atoms with Gasteiger partial charge in [0.25, 0.3) is 5.91 Å². The summed E-state index contributed by atoms with van der Waals surface area (Å²) in [6.45, 7) is 0.378. The third kappa shape index (κ3) is 2.15. The number of likely N-dealkylation sites (tertiary alicyclic amines) is 1. The highest BCUT2D eigenvalue weighted by atomic mass is 16.3. The molecule has 1 aromatic rings. The minimum atomic E-state index is -0.503. The van der Waals surface area contributed by atoms with Crippen LogP contribution in [0.4, 0.5) is 4.79 Å². The van der Waals surface area contributed by atoms with E-state index >= 15 is 0 Å². The molecule has 7 heteroatoms. The van der Waals surface area contributed by atoms with Gasteiger partial charge in [-0.1, -0.05) is 0 Å². The van der Waals surface area contributed by atoms with Gasteiger partial charge in [0, 0.05) is 6.54 Å². The van der Waals surface area contributed by atoms with Crippen molar-refractivity contribution in [3.05, 3.63) is 24.2 Å². The van der Waals surface area contributed by atoms with Gasteiger partial charge in [-0.25, -0.2) is 4.79 Å². The largest absolute Gasteiger partial charge is 0.467 e. The van der Waals surface area contributed by atoms with Gasteiger partial charge in [-0.2, -0.15) is 0 Å². The lowest BCUT2D eigenvalue weighted by Crippen LogP contribution is -2.42. The van der Waals surface area contributed by atoms with Crippen molar-refractivity contribution in [1.29, 1.82) is 0 Å². The van der Waals surface area contributed by atoms with E-state index < -0.39 is 6.03 Å². The molecule has 3 heterocycles. The van der Waals surface area contributed by atoms with Crippen molar-refractivity contribution in [1.82, 2.24) is 15.1 Å². The molecule has 1 atom stereocenters. The molecule has 0 unspecified atom stereocenters. The summed E-state index contributed by atoms with van der Waals surface area (Å²) in [6.07, 6.45) is 3.30. The maximum Gasteiger partial charge on any atom is 0.325 e. The van der Waals surface area contributed by atoms with Crippen LogP contribution in [0.3, 0.4) is 0 Å². The Balaban J connectivity index is 1.70. The first-order chi connectivity index (χ1) is 9.66. The predicted molar refractivity (Wildman–Crippen MR) is 67.5 cm³/mol. The number of hydrogen-bond donors (Lipinski definition) is 1. The molecule has 0 spiro atoms. The van der Waals surface area contributed by atoms with Crippen LogP contribution < -0.4 is 5.32 Å². The Bertz CT molecular complexity index is 524.